The highest BCUT2D eigenvalue weighted by molar-refractivity contribution is 5.52. The molecule has 2 N–H and O–H groups in total. The molecule has 0 bridgehead atoms. The van der Waals surface area contributed by atoms with Gasteiger partial charge in [0.1, 0.15) is 17.6 Å². The first-order chi connectivity index (χ1) is 8.19. The number of ether oxygens (including phenoxy) is 2. The van der Waals surface area contributed by atoms with Gasteiger partial charge in [0.05, 0.1) is 6.61 Å². The van der Waals surface area contributed by atoms with E-state index in [0.717, 1.165) is 24.3 Å². The smallest absolute Gasteiger partial charge is 0.123 e. The van der Waals surface area contributed by atoms with Gasteiger partial charge in [0.15, 0.2) is 0 Å². The summed E-state index contributed by atoms with van der Waals surface area (Å²) < 4.78 is 11.5. The molecule has 92 valence electrons. The Morgan fingerprint density at radius 1 is 1.47 bits per heavy atom. The van der Waals surface area contributed by atoms with E-state index >= 15 is 0 Å². The van der Waals surface area contributed by atoms with Crippen LogP contribution in [-0.2, 0) is 6.42 Å². The zero-order chi connectivity index (χ0) is 12.0. The second kappa shape index (κ2) is 3.91. The van der Waals surface area contributed by atoms with Crippen molar-refractivity contribution in [2.24, 2.45) is 5.73 Å². The van der Waals surface area contributed by atoms with E-state index in [4.69, 9.17) is 15.2 Å². The van der Waals surface area contributed by atoms with Crippen LogP contribution in [0.3, 0.4) is 0 Å². The molecule has 0 unspecified atom stereocenters. The monoisotopic (exact) mass is 233 g/mol. The fourth-order valence-electron chi connectivity index (χ4n) is 2.60. The van der Waals surface area contributed by atoms with Crippen LogP contribution in [0.4, 0.5) is 0 Å². The zero-order valence-electron chi connectivity index (χ0n) is 10.4. The summed E-state index contributed by atoms with van der Waals surface area (Å²) in [5.41, 5.74) is 8.43. The van der Waals surface area contributed by atoms with Crippen LogP contribution in [0.5, 0.6) is 11.5 Å². The molecule has 17 heavy (non-hydrogen) atoms. The normalized spacial score (nSPS) is 29.7. The molecular weight excluding hydrogens is 214 g/mol. The molecule has 0 aromatic heterocycles. The van der Waals surface area contributed by atoms with Crippen molar-refractivity contribution in [2.75, 3.05) is 6.61 Å². The maximum Gasteiger partial charge on any atom is 0.123 e. The molecule has 1 aliphatic heterocycles. The van der Waals surface area contributed by atoms with Gasteiger partial charge in [0.25, 0.3) is 0 Å². The Labute approximate surface area is 102 Å². The summed E-state index contributed by atoms with van der Waals surface area (Å²) in [5.74, 6) is 2.48. The van der Waals surface area contributed by atoms with Gasteiger partial charge in [-0.1, -0.05) is 0 Å². The molecule has 3 rings (SSSR count). The van der Waals surface area contributed by atoms with Gasteiger partial charge in [-0.05, 0) is 32.4 Å². The van der Waals surface area contributed by atoms with Crippen molar-refractivity contribution in [1.82, 2.24) is 0 Å². The molecule has 3 atom stereocenters. The van der Waals surface area contributed by atoms with Crippen LogP contribution in [0.25, 0.3) is 0 Å². The number of rotatable bonds is 3. The molecule has 1 heterocycles. The van der Waals surface area contributed by atoms with Crippen LogP contribution in [-0.4, -0.2) is 18.8 Å². The number of fused-ring (bicyclic) bond motifs is 1. The van der Waals surface area contributed by atoms with Crippen LogP contribution in [0.1, 0.15) is 37.3 Å². The SMILES string of the molecule is CCOc1cc2c(cc1[C@H]1C[C@H]1N)O[C@H](C)C2. The molecule has 0 radical (unpaired) electrons. The first kappa shape index (κ1) is 10.9. The van der Waals surface area contributed by atoms with Crippen LogP contribution in [0.2, 0.25) is 0 Å². The Morgan fingerprint density at radius 3 is 2.88 bits per heavy atom. The summed E-state index contributed by atoms with van der Waals surface area (Å²) in [7, 11) is 0. The van der Waals surface area contributed by atoms with Crippen molar-refractivity contribution >= 4 is 0 Å². The molecule has 1 saturated carbocycles. The van der Waals surface area contributed by atoms with E-state index in [1.165, 1.54) is 11.1 Å². The van der Waals surface area contributed by atoms with Gasteiger partial charge in [0.2, 0.25) is 0 Å². The molecule has 3 nitrogen and oxygen atoms in total. The summed E-state index contributed by atoms with van der Waals surface area (Å²) in [5, 5.41) is 0. The minimum Gasteiger partial charge on any atom is -0.494 e. The van der Waals surface area contributed by atoms with Gasteiger partial charge in [0, 0.05) is 29.5 Å². The number of hydrogen-bond acceptors (Lipinski definition) is 3. The van der Waals surface area contributed by atoms with Gasteiger partial charge < -0.3 is 15.2 Å². The predicted octanol–water partition coefficient (Wildman–Crippen LogP) is 2.22. The van der Waals surface area contributed by atoms with E-state index < -0.39 is 0 Å². The zero-order valence-corrected chi connectivity index (χ0v) is 10.4. The van der Waals surface area contributed by atoms with Crippen LogP contribution < -0.4 is 15.2 Å². The average molecular weight is 233 g/mol. The lowest BCUT2D eigenvalue weighted by atomic mass is 10.0. The third kappa shape index (κ3) is 1.89. The first-order valence-electron chi connectivity index (χ1n) is 6.41. The average Bonchev–Trinajstić information content (AvgIpc) is 2.87. The Bertz CT molecular complexity index is 444. The Kier molecular flexibility index (Phi) is 2.51. The minimum atomic E-state index is 0.280. The summed E-state index contributed by atoms with van der Waals surface area (Å²) in [6.07, 6.45) is 2.32. The standard InChI is InChI=1S/C14H19NO2/c1-3-16-14-5-9-4-8(2)17-13(9)7-11(14)10-6-12(10)15/h5,7-8,10,12H,3-4,6,15H2,1-2H3/t8-,10-,12-/m1/s1. The summed E-state index contributed by atoms with van der Waals surface area (Å²) in [4.78, 5) is 0. The van der Waals surface area contributed by atoms with Crippen LogP contribution in [0.15, 0.2) is 12.1 Å². The fraction of sp³-hybridized carbons (Fsp3) is 0.571. The second-order valence-corrected chi connectivity index (χ2v) is 5.07. The third-order valence-electron chi connectivity index (χ3n) is 3.57. The van der Waals surface area contributed by atoms with Gasteiger partial charge in [-0.15, -0.1) is 0 Å². The molecule has 0 amide bonds. The van der Waals surface area contributed by atoms with Gasteiger partial charge >= 0.3 is 0 Å². The molecule has 1 fully saturated rings. The van der Waals surface area contributed by atoms with Crippen LogP contribution >= 0.6 is 0 Å². The Hall–Kier alpha value is -1.22. The van der Waals surface area contributed by atoms with E-state index in [9.17, 15) is 0 Å². The highest BCUT2D eigenvalue weighted by Crippen LogP contribution is 2.47. The summed E-state index contributed by atoms with van der Waals surface area (Å²) in [6.45, 7) is 4.82. The number of hydrogen-bond donors (Lipinski definition) is 1. The van der Waals surface area contributed by atoms with Crippen molar-refractivity contribution in [3.05, 3.63) is 23.3 Å². The molecule has 2 aliphatic rings. The predicted molar refractivity (Wildman–Crippen MR) is 66.7 cm³/mol. The maximum atomic E-state index is 5.94. The molecule has 1 aromatic carbocycles. The fourth-order valence-corrected chi connectivity index (χ4v) is 2.60. The Balaban J connectivity index is 1.98. The Morgan fingerprint density at radius 2 is 2.24 bits per heavy atom. The van der Waals surface area contributed by atoms with Crippen molar-refractivity contribution < 1.29 is 9.47 Å². The second-order valence-electron chi connectivity index (χ2n) is 5.07. The largest absolute Gasteiger partial charge is 0.494 e. The van der Waals surface area contributed by atoms with E-state index in [-0.39, 0.29) is 6.10 Å². The van der Waals surface area contributed by atoms with E-state index in [2.05, 4.69) is 19.1 Å². The quantitative estimate of drug-likeness (QED) is 0.870. The topological polar surface area (TPSA) is 44.5 Å². The minimum absolute atomic E-state index is 0.280. The van der Waals surface area contributed by atoms with Gasteiger partial charge in [-0.3, -0.25) is 0 Å². The molecule has 1 aliphatic carbocycles. The summed E-state index contributed by atoms with van der Waals surface area (Å²) in [6, 6.07) is 4.58. The maximum absolute atomic E-state index is 5.94. The van der Waals surface area contributed by atoms with E-state index in [0.29, 0.717) is 18.6 Å². The van der Waals surface area contributed by atoms with Crippen molar-refractivity contribution in [2.45, 2.75) is 44.8 Å². The lowest BCUT2D eigenvalue weighted by Gasteiger charge is -2.12. The van der Waals surface area contributed by atoms with Crippen molar-refractivity contribution in [3.8, 4) is 11.5 Å². The lowest BCUT2D eigenvalue weighted by molar-refractivity contribution is 0.254. The van der Waals surface area contributed by atoms with Gasteiger partial charge in [-0.25, -0.2) is 0 Å². The van der Waals surface area contributed by atoms with E-state index in [1.807, 2.05) is 6.92 Å². The molecule has 0 spiro atoms. The lowest BCUT2D eigenvalue weighted by Crippen LogP contribution is -2.05. The van der Waals surface area contributed by atoms with E-state index in [1.54, 1.807) is 0 Å². The molecular formula is C14H19NO2. The van der Waals surface area contributed by atoms with Crippen molar-refractivity contribution in [1.29, 1.82) is 0 Å². The summed E-state index contributed by atoms with van der Waals surface area (Å²) >= 11 is 0. The highest BCUT2D eigenvalue weighted by atomic mass is 16.5. The molecule has 0 saturated heterocycles. The number of benzene rings is 1. The highest BCUT2D eigenvalue weighted by Gasteiger charge is 2.38. The van der Waals surface area contributed by atoms with Crippen LogP contribution in [0, 0.1) is 0 Å². The molecule has 3 heteroatoms. The number of nitrogens with two attached hydrogens (primary N) is 1. The van der Waals surface area contributed by atoms with Gasteiger partial charge in [-0.2, -0.15) is 0 Å². The third-order valence-corrected chi connectivity index (χ3v) is 3.57. The first-order valence-corrected chi connectivity index (χ1v) is 6.41. The molecule has 1 aromatic rings. The van der Waals surface area contributed by atoms with Crippen molar-refractivity contribution in [3.63, 3.8) is 0 Å².